The SMILES string of the molecule is NC(=O)c1cc(-c2ccnc(N)n2)[nH]c1-c1ccc(Cl)cc1Cl.Nc1nccc(-c2cc(C(=O)O)c(-c3ccc(Cl)cc3Cl)[nH]2)n1. The summed E-state index contributed by atoms with van der Waals surface area (Å²) in [7, 11) is 0. The van der Waals surface area contributed by atoms with Gasteiger partial charge in [-0.05, 0) is 60.7 Å². The van der Waals surface area contributed by atoms with Gasteiger partial charge >= 0.3 is 5.97 Å². The molecule has 0 fully saturated rings. The van der Waals surface area contributed by atoms with Crippen LogP contribution in [0.4, 0.5) is 11.9 Å². The molecule has 0 radical (unpaired) electrons. The van der Waals surface area contributed by atoms with Gasteiger partial charge in [0.15, 0.2) is 0 Å². The highest BCUT2D eigenvalue weighted by atomic mass is 35.5. The van der Waals surface area contributed by atoms with Crippen molar-refractivity contribution in [3.05, 3.63) is 104 Å². The quantitative estimate of drug-likeness (QED) is 0.107. The summed E-state index contributed by atoms with van der Waals surface area (Å²) in [5.41, 5.74) is 21.1. The van der Waals surface area contributed by atoms with Crippen LogP contribution in [0.2, 0.25) is 20.1 Å². The van der Waals surface area contributed by atoms with E-state index < -0.39 is 11.9 Å². The van der Waals surface area contributed by atoms with Crippen LogP contribution >= 0.6 is 46.4 Å². The molecule has 6 rings (SSSR count). The standard InChI is InChI=1S/C15H11Cl2N5O.C15H10Cl2N4O2/c16-7-1-2-8(10(17)5-7)13-9(14(18)23)6-12(21-13)11-3-4-20-15(19)22-11;16-7-1-2-8(10(17)5-7)13-9(14(22)23)6-12(20-13)11-3-4-19-15(18)21-11/h1-6,21H,(H2,18,23)(H2,19,20,22);1-6,20H,(H,22,23)(H2,18,19,21). The molecule has 0 aliphatic rings. The minimum atomic E-state index is -1.09. The number of amides is 1. The molecule has 0 unspecified atom stereocenters. The third-order valence-corrected chi connectivity index (χ3v) is 7.53. The summed E-state index contributed by atoms with van der Waals surface area (Å²) in [6.07, 6.45) is 3.02. The fraction of sp³-hybridized carbons (Fsp3) is 0. The van der Waals surface area contributed by atoms with Crippen molar-refractivity contribution in [2.24, 2.45) is 5.73 Å². The monoisotopic (exact) mass is 695 g/mol. The van der Waals surface area contributed by atoms with Crippen LogP contribution in [0.1, 0.15) is 20.7 Å². The van der Waals surface area contributed by atoms with E-state index in [0.29, 0.717) is 70.9 Å². The molecule has 1 amide bonds. The number of H-pyrrole nitrogens is 2. The van der Waals surface area contributed by atoms with Gasteiger partial charge in [0.2, 0.25) is 11.9 Å². The van der Waals surface area contributed by atoms with Crippen molar-refractivity contribution in [2.75, 3.05) is 11.5 Å². The molecule has 16 heteroatoms. The van der Waals surface area contributed by atoms with Gasteiger partial charge in [-0.1, -0.05) is 46.4 Å². The van der Waals surface area contributed by atoms with E-state index in [1.54, 1.807) is 54.6 Å². The molecule has 0 saturated heterocycles. The van der Waals surface area contributed by atoms with Crippen molar-refractivity contribution in [3.63, 3.8) is 0 Å². The van der Waals surface area contributed by atoms with Crippen molar-refractivity contribution in [1.82, 2.24) is 29.9 Å². The first-order valence-corrected chi connectivity index (χ1v) is 14.5. The highest BCUT2D eigenvalue weighted by Gasteiger charge is 2.20. The molecule has 6 aromatic rings. The number of carbonyl (C=O) groups excluding carboxylic acids is 1. The maximum atomic E-state index is 11.8. The van der Waals surface area contributed by atoms with Crippen molar-refractivity contribution in [2.45, 2.75) is 0 Å². The Balaban J connectivity index is 0.000000181. The van der Waals surface area contributed by atoms with Crippen molar-refractivity contribution >= 4 is 70.2 Å². The van der Waals surface area contributed by atoms with Gasteiger partial charge in [-0.15, -0.1) is 0 Å². The van der Waals surface area contributed by atoms with E-state index in [9.17, 15) is 14.7 Å². The third-order valence-electron chi connectivity index (χ3n) is 6.43. The van der Waals surface area contributed by atoms with Gasteiger partial charge in [0.1, 0.15) is 0 Å². The molecule has 0 spiro atoms. The van der Waals surface area contributed by atoms with E-state index in [1.165, 1.54) is 18.5 Å². The van der Waals surface area contributed by atoms with Gasteiger partial charge in [0.05, 0.1) is 55.3 Å². The number of nitrogens with one attached hydrogen (secondary N) is 2. The third kappa shape index (κ3) is 7.05. The lowest BCUT2D eigenvalue weighted by Crippen LogP contribution is -2.11. The highest BCUT2D eigenvalue weighted by Crippen LogP contribution is 2.36. The number of nitrogens with zero attached hydrogens (tertiary/aromatic N) is 4. The molecule has 9 N–H and O–H groups in total. The normalized spacial score (nSPS) is 10.7. The van der Waals surface area contributed by atoms with Gasteiger partial charge in [0.25, 0.3) is 5.91 Å². The number of primary amides is 1. The molecular weight excluding hydrogens is 676 g/mol. The lowest BCUT2D eigenvalue weighted by molar-refractivity contribution is 0.0697. The molecule has 4 aromatic heterocycles. The van der Waals surface area contributed by atoms with Crippen molar-refractivity contribution < 1.29 is 14.7 Å². The second kappa shape index (κ2) is 13.5. The average Bonchev–Trinajstić information content (AvgIpc) is 3.64. The Morgan fingerprint density at radius 3 is 1.48 bits per heavy atom. The first-order valence-electron chi connectivity index (χ1n) is 13.0. The number of rotatable bonds is 6. The number of carboxylic acid groups (broad SMARTS) is 1. The minimum Gasteiger partial charge on any atom is -0.478 e. The summed E-state index contributed by atoms with van der Waals surface area (Å²) in [6, 6.07) is 16.2. The Hall–Kier alpha value is -5.14. The zero-order valence-electron chi connectivity index (χ0n) is 23.2. The number of aromatic carboxylic acids is 1. The average molecular weight is 697 g/mol. The van der Waals surface area contributed by atoms with Crippen LogP contribution in [0, 0.1) is 0 Å². The number of hydrogen-bond acceptors (Lipinski definition) is 8. The molecule has 46 heavy (non-hydrogen) atoms. The number of aromatic amines is 2. The molecule has 0 aliphatic carbocycles. The number of anilines is 2. The van der Waals surface area contributed by atoms with Crippen LogP contribution in [0.5, 0.6) is 0 Å². The molecule has 0 saturated carbocycles. The van der Waals surface area contributed by atoms with Crippen molar-refractivity contribution in [3.8, 4) is 45.3 Å². The van der Waals surface area contributed by atoms with Gasteiger partial charge in [-0.2, -0.15) is 0 Å². The zero-order valence-corrected chi connectivity index (χ0v) is 26.2. The molecule has 0 bridgehead atoms. The van der Waals surface area contributed by atoms with Crippen molar-refractivity contribution in [1.29, 1.82) is 0 Å². The van der Waals surface area contributed by atoms with Crippen LogP contribution in [-0.4, -0.2) is 46.9 Å². The second-order valence-electron chi connectivity index (χ2n) is 9.46. The summed E-state index contributed by atoms with van der Waals surface area (Å²) < 4.78 is 0. The number of nitrogens with two attached hydrogens (primary N) is 3. The van der Waals surface area contributed by atoms with Crippen LogP contribution < -0.4 is 17.2 Å². The fourth-order valence-electron chi connectivity index (χ4n) is 4.41. The van der Waals surface area contributed by atoms with E-state index in [2.05, 4.69) is 29.9 Å². The molecule has 232 valence electrons. The number of benzene rings is 2. The molecular formula is C30H21Cl4N9O3. The van der Waals surface area contributed by atoms with Crippen LogP contribution in [0.25, 0.3) is 45.3 Å². The smallest absolute Gasteiger partial charge is 0.337 e. The largest absolute Gasteiger partial charge is 0.478 e. The lowest BCUT2D eigenvalue weighted by atomic mass is 10.1. The Labute approximate surface area is 280 Å². The first-order chi connectivity index (χ1) is 21.9. The number of carbonyl (C=O) groups is 2. The summed E-state index contributed by atoms with van der Waals surface area (Å²) in [5.74, 6) is -1.45. The number of halogens is 4. The Kier molecular flexibility index (Phi) is 9.44. The van der Waals surface area contributed by atoms with Gasteiger partial charge in [0, 0.05) is 33.6 Å². The molecule has 12 nitrogen and oxygen atoms in total. The molecule has 0 atom stereocenters. The number of carboxylic acids is 1. The Morgan fingerprint density at radius 1 is 0.652 bits per heavy atom. The van der Waals surface area contributed by atoms with Gasteiger partial charge in [-0.25, -0.2) is 24.7 Å². The summed E-state index contributed by atoms with van der Waals surface area (Å²) in [6.45, 7) is 0. The van der Waals surface area contributed by atoms with E-state index in [0.717, 1.165) is 0 Å². The van der Waals surface area contributed by atoms with E-state index in [4.69, 9.17) is 63.6 Å². The molecule has 4 heterocycles. The minimum absolute atomic E-state index is 0.0707. The zero-order chi connectivity index (χ0) is 33.1. The summed E-state index contributed by atoms with van der Waals surface area (Å²) >= 11 is 24.2. The van der Waals surface area contributed by atoms with Crippen LogP contribution in [0.15, 0.2) is 73.1 Å². The Morgan fingerprint density at radius 2 is 1.09 bits per heavy atom. The second-order valence-corrected chi connectivity index (χ2v) is 11.1. The van der Waals surface area contributed by atoms with Crippen LogP contribution in [-0.2, 0) is 0 Å². The predicted octanol–water partition coefficient (Wildman–Crippen LogP) is 6.85. The topological polar surface area (TPSA) is 216 Å². The number of nitrogen functional groups attached to an aromatic ring is 2. The van der Waals surface area contributed by atoms with Gasteiger partial charge < -0.3 is 32.3 Å². The summed E-state index contributed by atoms with van der Waals surface area (Å²) in [5, 5.41) is 11.1. The maximum absolute atomic E-state index is 11.8. The first kappa shape index (κ1) is 32.3. The fourth-order valence-corrected chi connectivity index (χ4v) is 5.41. The van der Waals surface area contributed by atoms with Gasteiger partial charge in [-0.3, -0.25) is 4.79 Å². The lowest BCUT2D eigenvalue weighted by Gasteiger charge is -2.05. The number of hydrogen-bond donors (Lipinski definition) is 6. The molecule has 0 aliphatic heterocycles. The highest BCUT2D eigenvalue weighted by molar-refractivity contribution is 6.37. The van der Waals surface area contributed by atoms with E-state index >= 15 is 0 Å². The number of aromatic nitrogens is 6. The van der Waals surface area contributed by atoms with Crippen LogP contribution in [0.3, 0.4) is 0 Å². The van der Waals surface area contributed by atoms with E-state index in [-0.39, 0.29) is 17.5 Å². The molecule has 2 aromatic carbocycles. The maximum Gasteiger partial charge on any atom is 0.337 e. The predicted molar refractivity (Wildman–Crippen MR) is 179 cm³/mol. The summed E-state index contributed by atoms with van der Waals surface area (Å²) in [4.78, 5) is 45.3. The van der Waals surface area contributed by atoms with E-state index in [1.807, 2.05) is 0 Å². The Bertz CT molecular complexity index is 1960.